The van der Waals surface area contributed by atoms with E-state index in [1.807, 2.05) is 41.3 Å². The predicted molar refractivity (Wildman–Crippen MR) is 119 cm³/mol. The molecule has 1 aliphatic heterocycles. The maximum absolute atomic E-state index is 12.6. The van der Waals surface area contributed by atoms with Crippen LogP contribution in [-0.4, -0.2) is 44.4 Å². The quantitative estimate of drug-likeness (QED) is 0.516. The number of thioether (sulfide) groups is 2. The molecule has 1 fully saturated rings. The van der Waals surface area contributed by atoms with Crippen LogP contribution in [0.15, 0.2) is 70.7 Å². The molecular weight excluding hydrogens is 400 g/mol. The van der Waals surface area contributed by atoms with Gasteiger partial charge in [0.15, 0.2) is 5.16 Å². The Kier molecular flexibility index (Phi) is 6.90. The number of hydrogen-bond acceptors (Lipinski definition) is 5. The van der Waals surface area contributed by atoms with E-state index >= 15 is 0 Å². The zero-order chi connectivity index (χ0) is 19.9. The summed E-state index contributed by atoms with van der Waals surface area (Å²) in [5.74, 6) is 2.19. The third kappa shape index (κ3) is 5.22. The molecule has 1 amide bonds. The molecule has 4 rings (SSSR count). The van der Waals surface area contributed by atoms with E-state index in [1.54, 1.807) is 11.8 Å². The van der Waals surface area contributed by atoms with Gasteiger partial charge in [0, 0.05) is 23.7 Å². The number of carbonyl (C=O) groups excluding carboxylic acids is 1. The van der Waals surface area contributed by atoms with Gasteiger partial charge in [-0.3, -0.25) is 9.36 Å². The first kappa shape index (κ1) is 20.0. The highest BCUT2D eigenvalue weighted by molar-refractivity contribution is 7.99. The fourth-order valence-electron chi connectivity index (χ4n) is 3.35. The van der Waals surface area contributed by atoms with Crippen LogP contribution in [0.25, 0.3) is 5.69 Å². The lowest BCUT2D eigenvalue weighted by molar-refractivity contribution is -0.129. The fraction of sp³-hybridized carbons (Fsp3) is 0.318. The molecule has 7 heteroatoms. The van der Waals surface area contributed by atoms with E-state index in [0.717, 1.165) is 42.6 Å². The van der Waals surface area contributed by atoms with Gasteiger partial charge in [0.05, 0.1) is 11.5 Å². The highest BCUT2D eigenvalue weighted by atomic mass is 32.2. The van der Waals surface area contributed by atoms with Crippen LogP contribution in [0.4, 0.5) is 0 Å². The summed E-state index contributed by atoms with van der Waals surface area (Å²) in [6.45, 7) is 1.76. The molecule has 2 aromatic carbocycles. The summed E-state index contributed by atoms with van der Waals surface area (Å²) < 4.78 is 2.07. The molecule has 3 aromatic rings. The Hall–Kier alpha value is -2.25. The van der Waals surface area contributed by atoms with Crippen LogP contribution in [0.2, 0.25) is 0 Å². The zero-order valence-electron chi connectivity index (χ0n) is 16.2. The Labute approximate surface area is 179 Å². The largest absolute Gasteiger partial charge is 0.342 e. The predicted octanol–water partition coefficient (Wildman–Crippen LogP) is 4.66. The van der Waals surface area contributed by atoms with Crippen molar-refractivity contribution >= 4 is 29.4 Å². The number of carbonyl (C=O) groups is 1. The van der Waals surface area contributed by atoms with Crippen LogP contribution >= 0.6 is 23.5 Å². The number of aromatic nitrogens is 3. The Balaban J connectivity index is 1.50. The van der Waals surface area contributed by atoms with Crippen molar-refractivity contribution in [3.05, 3.63) is 66.5 Å². The number of hydrogen-bond donors (Lipinski definition) is 0. The first-order valence-corrected chi connectivity index (χ1v) is 11.9. The smallest absolute Gasteiger partial charge is 0.233 e. The van der Waals surface area contributed by atoms with Crippen molar-refractivity contribution in [3.63, 3.8) is 0 Å². The number of piperidine rings is 1. The average Bonchev–Trinajstić information content (AvgIpc) is 3.20. The van der Waals surface area contributed by atoms with Crippen LogP contribution in [0.1, 0.15) is 25.1 Å². The molecule has 150 valence electrons. The van der Waals surface area contributed by atoms with Crippen LogP contribution in [0, 0.1) is 0 Å². The molecule has 0 spiro atoms. The monoisotopic (exact) mass is 424 g/mol. The minimum absolute atomic E-state index is 0.192. The molecule has 0 bridgehead atoms. The van der Waals surface area contributed by atoms with Gasteiger partial charge >= 0.3 is 0 Å². The molecule has 29 heavy (non-hydrogen) atoms. The van der Waals surface area contributed by atoms with Crippen LogP contribution in [0.3, 0.4) is 0 Å². The van der Waals surface area contributed by atoms with Crippen molar-refractivity contribution in [1.29, 1.82) is 0 Å². The van der Waals surface area contributed by atoms with Gasteiger partial charge in [-0.1, -0.05) is 48.2 Å². The molecular formula is C22H24N4OS2. The first-order chi connectivity index (χ1) is 14.3. The average molecular weight is 425 g/mol. The van der Waals surface area contributed by atoms with E-state index in [4.69, 9.17) is 0 Å². The summed E-state index contributed by atoms with van der Waals surface area (Å²) in [4.78, 5) is 15.8. The van der Waals surface area contributed by atoms with Gasteiger partial charge in [0.1, 0.15) is 5.82 Å². The topological polar surface area (TPSA) is 51.0 Å². The second-order valence-corrected chi connectivity index (χ2v) is 8.89. The third-order valence-electron chi connectivity index (χ3n) is 4.86. The van der Waals surface area contributed by atoms with Crippen molar-refractivity contribution in [2.24, 2.45) is 0 Å². The molecule has 0 aliphatic carbocycles. The van der Waals surface area contributed by atoms with E-state index in [9.17, 15) is 4.79 Å². The zero-order valence-corrected chi connectivity index (χ0v) is 17.9. The SMILES string of the molecule is O=C(CSc1nnc(CSc2ccccc2)n1-c1ccccc1)N1CCCCC1. The number of rotatable bonds is 7. The summed E-state index contributed by atoms with van der Waals surface area (Å²) in [5.41, 5.74) is 1.02. The standard InChI is InChI=1S/C22H24N4OS2/c27-21(25-14-8-3-9-15-25)17-29-22-24-23-20(16-28-19-12-6-2-7-13-19)26(22)18-10-4-1-5-11-18/h1-2,4-7,10-13H,3,8-9,14-17H2. The molecule has 5 nitrogen and oxygen atoms in total. The maximum Gasteiger partial charge on any atom is 0.233 e. The maximum atomic E-state index is 12.6. The van der Waals surface area contributed by atoms with Gasteiger partial charge in [0.2, 0.25) is 5.91 Å². The summed E-state index contributed by atoms with van der Waals surface area (Å²) in [6.07, 6.45) is 3.44. The van der Waals surface area contributed by atoms with E-state index < -0.39 is 0 Å². The molecule has 0 saturated carbocycles. The van der Waals surface area contributed by atoms with E-state index in [1.165, 1.54) is 23.1 Å². The first-order valence-electron chi connectivity index (χ1n) is 9.89. The normalized spacial score (nSPS) is 14.1. The van der Waals surface area contributed by atoms with Crippen molar-refractivity contribution in [2.75, 3.05) is 18.8 Å². The second kappa shape index (κ2) is 9.98. The lowest BCUT2D eigenvalue weighted by atomic mass is 10.1. The van der Waals surface area contributed by atoms with Gasteiger partial charge in [-0.25, -0.2) is 0 Å². The number of amides is 1. The Morgan fingerprint density at radius 2 is 1.55 bits per heavy atom. The summed E-state index contributed by atoms with van der Waals surface area (Å²) in [6, 6.07) is 20.4. The fourth-order valence-corrected chi connectivity index (χ4v) is 5.05. The van der Waals surface area contributed by atoms with Gasteiger partial charge in [-0.15, -0.1) is 22.0 Å². The van der Waals surface area contributed by atoms with Crippen LogP contribution < -0.4 is 0 Å². The molecule has 0 unspecified atom stereocenters. The van der Waals surface area contributed by atoms with Crippen molar-refractivity contribution in [2.45, 2.75) is 35.1 Å². The van der Waals surface area contributed by atoms with Crippen molar-refractivity contribution in [3.8, 4) is 5.69 Å². The van der Waals surface area contributed by atoms with Gasteiger partial charge < -0.3 is 4.90 Å². The number of likely N-dealkylation sites (tertiary alicyclic amines) is 1. The van der Waals surface area contributed by atoms with E-state index in [0.29, 0.717) is 11.5 Å². The summed E-state index contributed by atoms with van der Waals surface area (Å²) in [7, 11) is 0. The summed E-state index contributed by atoms with van der Waals surface area (Å²) >= 11 is 3.21. The van der Waals surface area contributed by atoms with Crippen molar-refractivity contribution in [1.82, 2.24) is 19.7 Å². The molecule has 1 aliphatic rings. The molecule has 0 radical (unpaired) electrons. The third-order valence-corrected chi connectivity index (χ3v) is 6.78. The minimum Gasteiger partial charge on any atom is -0.342 e. The number of benzene rings is 2. The Morgan fingerprint density at radius 1 is 0.862 bits per heavy atom. The molecule has 2 heterocycles. The van der Waals surface area contributed by atoms with Gasteiger partial charge in [-0.05, 0) is 43.5 Å². The Bertz CT molecular complexity index is 925. The Morgan fingerprint density at radius 3 is 2.28 bits per heavy atom. The van der Waals surface area contributed by atoms with E-state index in [-0.39, 0.29) is 5.91 Å². The number of nitrogens with zero attached hydrogens (tertiary/aromatic N) is 4. The van der Waals surface area contributed by atoms with Crippen molar-refractivity contribution < 1.29 is 4.79 Å². The lowest BCUT2D eigenvalue weighted by Gasteiger charge is -2.26. The minimum atomic E-state index is 0.192. The van der Waals surface area contributed by atoms with E-state index in [2.05, 4.69) is 39.0 Å². The highest BCUT2D eigenvalue weighted by Crippen LogP contribution is 2.27. The number of para-hydroxylation sites is 1. The molecule has 1 aromatic heterocycles. The van der Waals surface area contributed by atoms with Crippen LogP contribution in [-0.2, 0) is 10.5 Å². The second-order valence-electron chi connectivity index (χ2n) is 6.90. The summed E-state index contributed by atoms with van der Waals surface area (Å²) in [5, 5.41) is 9.63. The molecule has 0 N–H and O–H groups in total. The van der Waals surface area contributed by atoms with Gasteiger partial charge in [0.25, 0.3) is 0 Å². The molecule has 0 atom stereocenters. The molecule has 1 saturated heterocycles. The van der Waals surface area contributed by atoms with Gasteiger partial charge in [-0.2, -0.15) is 0 Å². The highest BCUT2D eigenvalue weighted by Gasteiger charge is 2.20. The van der Waals surface area contributed by atoms with Crippen LogP contribution in [0.5, 0.6) is 0 Å². The lowest BCUT2D eigenvalue weighted by Crippen LogP contribution is -2.36.